The lowest BCUT2D eigenvalue weighted by Gasteiger charge is -2.37. The number of nitrogens with one attached hydrogen (secondary N) is 1. The van der Waals surface area contributed by atoms with Crippen molar-refractivity contribution in [1.82, 2.24) is 19.9 Å². The largest absolute Gasteiger partial charge is 0.486 e. The zero-order valence-electron chi connectivity index (χ0n) is 17.7. The van der Waals surface area contributed by atoms with Crippen LogP contribution in [0, 0.1) is 0 Å². The number of aryl methyl sites for hydroxylation is 1. The summed E-state index contributed by atoms with van der Waals surface area (Å²) in [5, 5.41) is 7.71. The van der Waals surface area contributed by atoms with E-state index in [4.69, 9.17) is 22.1 Å². The maximum absolute atomic E-state index is 13.6. The fraction of sp³-hybridized carbons (Fsp3) is 0.421. The van der Waals surface area contributed by atoms with Gasteiger partial charge in [-0.15, -0.1) is 0 Å². The summed E-state index contributed by atoms with van der Waals surface area (Å²) in [5.74, 6) is 0.0450. The number of halogens is 1. The smallest absolute Gasteiger partial charge is 0.438 e. The van der Waals surface area contributed by atoms with Crippen molar-refractivity contribution in [1.29, 1.82) is 0 Å². The van der Waals surface area contributed by atoms with Gasteiger partial charge in [0, 0.05) is 23.8 Å². The third-order valence-electron chi connectivity index (χ3n) is 5.31. The number of nitrogens with two attached hydrogens (primary N) is 1. The summed E-state index contributed by atoms with van der Waals surface area (Å²) in [5.41, 5.74) is 5.96. The Hall–Kier alpha value is -2.99. The molecule has 2 aromatic heterocycles. The van der Waals surface area contributed by atoms with Crippen LogP contribution in [0.1, 0.15) is 33.0 Å². The van der Waals surface area contributed by atoms with Crippen molar-refractivity contribution in [3.8, 4) is 5.75 Å². The van der Waals surface area contributed by atoms with E-state index < -0.39 is 27.3 Å². The van der Waals surface area contributed by atoms with E-state index in [0.29, 0.717) is 35.9 Å². The van der Waals surface area contributed by atoms with E-state index in [9.17, 15) is 13.2 Å². The molecule has 1 atom stereocenters. The number of nitrogen functional groups attached to an aromatic ring is 1. The van der Waals surface area contributed by atoms with Crippen LogP contribution >= 0.6 is 11.6 Å². The fourth-order valence-corrected chi connectivity index (χ4v) is 5.63. The summed E-state index contributed by atoms with van der Waals surface area (Å²) in [6.07, 6.45) is 1.18. The number of nitrogens with zero attached hydrogens (tertiary/aromatic N) is 4. The first kappa shape index (κ1) is 22.2. The summed E-state index contributed by atoms with van der Waals surface area (Å²) in [6.45, 7) is 6.00. The average molecular weight is 483 g/mol. The highest BCUT2D eigenvalue weighted by atomic mass is 35.5. The van der Waals surface area contributed by atoms with Crippen molar-refractivity contribution in [2.75, 3.05) is 16.6 Å². The van der Waals surface area contributed by atoms with Gasteiger partial charge in [0.05, 0.1) is 12.2 Å². The Morgan fingerprint density at radius 1 is 1.38 bits per heavy atom. The Bertz CT molecular complexity index is 1310. The molecule has 0 bridgehead atoms. The summed E-state index contributed by atoms with van der Waals surface area (Å²) >= 11 is 6.16. The Morgan fingerprint density at radius 3 is 2.75 bits per heavy atom. The summed E-state index contributed by atoms with van der Waals surface area (Å²) in [4.78, 5) is 13.8. The van der Waals surface area contributed by atoms with E-state index in [1.54, 1.807) is 18.2 Å². The standard InChI is InChI=1S/C19H23ClN6O5S/c1-4-25-10-15(16(20)23-25)32(28,29)26-9-12(30-14-6-5-11(21)7-13(14)26)8-19(2,3)17-22-18(27)31-24-17/h5-7,10,12H,4,8-9,21H2,1-3H3,(H,22,24,27)/t12-/m0/s1. The van der Waals surface area contributed by atoms with E-state index in [2.05, 4.69) is 19.8 Å². The van der Waals surface area contributed by atoms with Gasteiger partial charge in [0.1, 0.15) is 16.7 Å². The average Bonchev–Trinajstić information content (AvgIpc) is 3.33. The predicted octanol–water partition coefficient (Wildman–Crippen LogP) is 2.14. The first-order valence-corrected chi connectivity index (χ1v) is 11.7. The van der Waals surface area contributed by atoms with Crippen LogP contribution in [0.5, 0.6) is 5.75 Å². The van der Waals surface area contributed by atoms with Gasteiger partial charge in [-0.05, 0) is 31.5 Å². The van der Waals surface area contributed by atoms with Crippen LogP contribution in [0.4, 0.5) is 11.4 Å². The number of ether oxygens (including phenoxy) is 1. The van der Waals surface area contributed by atoms with Gasteiger partial charge < -0.3 is 10.5 Å². The first-order valence-electron chi connectivity index (χ1n) is 9.89. The second-order valence-corrected chi connectivity index (χ2v) is 10.4. The molecule has 0 unspecified atom stereocenters. The second-order valence-electron chi connectivity index (χ2n) is 8.17. The van der Waals surface area contributed by atoms with E-state index in [-0.39, 0.29) is 16.6 Å². The summed E-state index contributed by atoms with van der Waals surface area (Å²) in [6, 6.07) is 4.80. The minimum absolute atomic E-state index is 0.00205. The molecule has 172 valence electrons. The number of benzene rings is 1. The lowest BCUT2D eigenvalue weighted by Crippen LogP contribution is -2.45. The number of hydrogen-bond acceptors (Lipinski definition) is 8. The highest BCUT2D eigenvalue weighted by Crippen LogP contribution is 2.41. The molecule has 0 saturated heterocycles. The topological polar surface area (TPSA) is 149 Å². The van der Waals surface area contributed by atoms with Gasteiger partial charge >= 0.3 is 5.76 Å². The minimum atomic E-state index is -4.07. The third kappa shape index (κ3) is 3.95. The molecule has 0 spiro atoms. The molecule has 13 heteroatoms. The first-order chi connectivity index (χ1) is 15.0. The zero-order valence-corrected chi connectivity index (χ0v) is 19.3. The molecule has 1 aromatic carbocycles. The normalized spacial score (nSPS) is 16.6. The van der Waals surface area contributed by atoms with Crippen LogP contribution in [0.2, 0.25) is 5.15 Å². The van der Waals surface area contributed by atoms with Crippen LogP contribution in [-0.4, -0.2) is 41.0 Å². The van der Waals surface area contributed by atoms with E-state index in [0.717, 1.165) is 0 Å². The van der Waals surface area contributed by atoms with E-state index in [1.165, 1.54) is 15.2 Å². The molecule has 4 rings (SSSR count). The quantitative estimate of drug-likeness (QED) is 0.507. The van der Waals surface area contributed by atoms with Gasteiger partial charge in [-0.25, -0.2) is 13.2 Å². The molecule has 3 N–H and O–H groups in total. The van der Waals surface area contributed by atoms with Crippen molar-refractivity contribution in [2.24, 2.45) is 0 Å². The summed E-state index contributed by atoms with van der Waals surface area (Å²) < 4.78 is 40.6. The highest BCUT2D eigenvalue weighted by Gasteiger charge is 2.40. The number of hydrogen-bond donors (Lipinski definition) is 2. The Labute approximate surface area is 189 Å². The maximum atomic E-state index is 13.6. The maximum Gasteiger partial charge on any atom is 0.438 e. The SMILES string of the molecule is CCn1cc(S(=O)(=O)N2C[C@H](CC(C)(C)c3noc(=O)[nH]3)Oc3ccc(N)cc32)c(Cl)n1. The van der Waals surface area contributed by atoms with Crippen LogP contribution in [0.3, 0.4) is 0 Å². The lowest BCUT2D eigenvalue weighted by molar-refractivity contribution is 0.159. The number of anilines is 2. The van der Waals surface area contributed by atoms with E-state index in [1.807, 2.05) is 20.8 Å². The Balaban J connectivity index is 1.73. The molecule has 1 aliphatic rings. The lowest BCUT2D eigenvalue weighted by atomic mass is 9.85. The van der Waals surface area contributed by atoms with Crippen LogP contribution in [0.15, 0.2) is 38.6 Å². The van der Waals surface area contributed by atoms with Crippen molar-refractivity contribution in [3.05, 3.63) is 45.9 Å². The molecule has 0 fully saturated rings. The van der Waals surface area contributed by atoms with Crippen molar-refractivity contribution >= 4 is 33.0 Å². The number of H-pyrrole nitrogens is 1. The molecule has 11 nitrogen and oxygen atoms in total. The molecule has 3 heterocycles. The molecule has 32 heavy (non-hydrogen) atoms. The third-order valence-corrected chi connectivity index (χ3v) is 7.48. The highest BCUT2D eigenvalue weighted by molar-refractivity contribution is 7.93. The Morgan fingerprint density at radius 2 is 2.12 bits per heavy atom. The minimum Gasteiger partial charge on any atom is -0.486 e. The number of aromatic amines is 1. The van der Waals surface area contributed by atoms with Gasteiger partial charge in [-0.2, -0.15) is 5.10 Å². The van der Waals surface area contributed by atoms with Crippen molar-refractivity contribution in [3.63, 3.8) is 0 Å². The molecule has 0 aliphatic carbocycles. The van der Waals surface area contributed by atoms with Crippen LogP contribution < -0.4 is 20.5 Å². The molecule has 3 aromatic rings. The van der Waals surface area contributed by atoms with Crippen molar-refractivity contribution in [2.45, 2.75) is 50.2 Å². The molecule has 0 amide bonds. The number of fused-ring (bicyclic) bond motifs is 1. The summed E-state index contributed by atoms with van der Waals surface area (Å²) in [7, 11) is -4.07. The van der Waals surface area contributed by atoms with Gasteiger partial charge in [-0.3, -0.25) is 18.5 Å². The zero-order chi connectivity index (χ0) is 23.3. The molecule has 0 radical (unpaired) electrons. The number of sulfonamides is 1. The van der Waals surface area contributed by atoms with Gasteiger partial charge in [0.15, 0.2) is 11.0 Å². The fourth-order valence-electron chi connectivity index (χ4n) is 3.68. The van der Waals surface area contributed by atoms with Crippen LogP contribution in [0.25, 0.3) is 0 Å². The van der Waals surface area contributed by atoms with Gasteiger partial charge in [0.25, 0.3) is 10.0 Å². The van der Waals surface area contributed by atoms with Gasteiger partial charge in [0.2, 0.25) is 0 Å². The molecule has 0 saturated carbocycles. The van der Waals surface area contributed by atoms with Gasteiger partial charge in [-0.1, -0.05) is 30.6 Å². The molecule has 1 aliphatic heterocycles. The number of aromatic nitrogens is 4. The molecular formula is C19H23ClN6O5S. The molecular weight excluding hydrogens is 460 g/mol. The Kier molecular flexibility index (Phi) is 5.45. The van der Waals surface area contributed by atoms with Crippen LogP contribution in [-0.2, 0) is 22.0 Å². The van der Waals surface area contributed by atoms with E-state index >= 15 is 0 Å². The predicted molar refractivity (Wildman–Crippen MR) is 117 cm³/mol. The van der Waals surface area contributed by atoms with Crippen molar-refractivity contribution < 1.29 is 17.7 Å². The monoisotopic (exact) mass is 482 g/mol. The second kappa shape index (κ2) is 7.85. The number of rotatable bonds is 6.